The molecule has 0 amide bonds. The van der Waals surface area contributed by atoms with Gasteiger partial charge in [-0.1, -0.05) is 30.3 Å². The van der Waals surface area contributed by atoms with Crippen LogP contribution in [0.5, 0.6) is 5.88 Å². The molecule has 1 N–H and O–H groups in total. The molecule has 9 heteroatoms. The number of hydrogen-bond donors (Lipinski definition) is 1. The topological polar surface area (TPSA) is 116 Å². The molecule has 2 aromatic carbocycles. The number of rotatable bonds is 8. The zero-order valence-corrected chi connectivity index (χ0v) is 15.3. The number of pyridine rings is 1. The molecule has 0 bridgehead atoms. The minimum Gasteiger partial charge on any atom is -0.474 e. The van der Waals surface area contributed by atoms with Crippen LogP contribution < -0.4 is 10.1 Å². The van der Waals surface area contributed by atoms with Gasteiger partial charge in [-0.25, -0.2) is 4.63 Å². The first-order valence-corrected chi connectivity index (χ1v) is 9.01. The third-order valence-corrected chi connectivity index (χ3v) is 4.32. The Bertz CT molecular complexity index is 1130. The van der Waals surface area contributed by atoms with Gasteiger partial charge in [0.15, 0.2) is 5.69 Å². The van der Waals surface area contributed by atoms with Crippen molar-refractivity contribution in [1.29, 1.82) is 0 Å². The molecule has 2 aromatic heterocycles. The SMILES string of the molecule is O=[N+]([O-])c1ccc(NCCCOc2nonc2-c2ccccc2)c2ncccc12. The third-order valence-electron chi connectivity index (χ3n) is 4.32. The lowest BCUT2D eigenvalue weighted by Gasteiger charge is -2.09. The molecule has 0 unspecified atom stereocenters. The highest BCUT2D eigenvalue weighted by Crippen LogP contribution is 2.30. The first kappa shape index (κ1) is 18.4. The Labute approximate surface area is 165 Å². The van der Waals surface area contributed by atoms with Crippen LogP contribution in [0.4, 0.5) is 11.4 Å². The highest BCUT2D eigenvalue weighted by Gasteiger charge is 2.15. The largest absolute Gasteiger partial charge is 0.474 e. The Morgan fingerprint density at radius 3 is 2.76 bits per heavy atom. The van der Waals surface area contributed by atoms with Gasteiger partial charge in [0.05, 0.1) is 22.6 Å². The quantitative estimate of drug-likeness (QED) is 0.271. The van der Waals surface area contributed by atoms with E-state index >= 15 is 0 Å². The number of non-ortho nitro benzene ring substituents is 1. The highest BCUT2D eigenvalue weighted by molar-refractivity contribution is 5.96. The molecule has 4 rings (SSSR count). The number of nitrogens with one attached hydrogen (secondary N) is 1. The van der Waals surface area contributed by atoms with Crippen molar-refractivity contribution in [3.8, 4) is 17.1 Å². The van der Waals surface area contributed by atoms with E-state index in [0.29, 0.717) is 42.0 Å². The van der Waals surface area contributed by atoms with Gasteiger partial charge in [-0.05, 0) is 34.9 Å². The van der Waals surface area contributed by atoms with E-state index in [1.54, 1.807) is 24.4 Å². The molecule has 0 aliphatic heterocycles. The molecular weight excluding hydrogens is 374 g/mol. The van der Waals surface area contributed by atoms with Crippen LogP contribution in [0.15, 0.2) is 65.4 Å². The van der Waals surface area contributed by atoms with E-state index in [2.05, 4.69) is 20.6 Å². The second-order valence-electron chi connectivity index (χ2n) is 6.20. The van der Waals surface area contributed by atoms with E-state index in [9.17, 15) is 10.1 Å². The third kappa shape index (κ3) is 3.98. The Morgan fingerprint density at radius 1 is 1.07 bits per heavy atom. The van der Waals surface area contributed by atoms with Gasteiger partial charge in [0, 0.05) is 24.4 Å². The van der Waals surface area contributed by atoms with Crippen LogP contribution in [-0.4, -0.2) is 33.4 Å². The number of hydrogen-bond acceptors (Lipinski definition) is 8. The van der Waals surface area contributed by atoms with Gasteiger partial charge in [-0.3, -0.25) is 15.1 Å². The fourth-order valence-electron chi connectivity index (χ4n) is 2.97. The van der Waals surface area contributed by atoms with Crippen LogP contribution in [0.1, 0.15) is 6.42 Å². The summed E-state index contributed by atoms with van der Waals surface area (Å²) in [6.45, 7) is 0.995. The molecule has 0 aliphatic carbocycles. The summed E-state index contributed by atoms with van der Waals surface area (Å²) in [7, 11) is 0. The molecule has 0 saturated heterocycles. The van der Waals surface area contributed by atoms with Gasteiger partial charge in [0.2, 0.25) is 0 Å². The summed E-state index contributed by atoms with van der Waals surface area (Å²) in [5.74, 6) is 0.346. The maximum atomic E-state index is 11.2. The number of nitro groups is 1. The van der Waals surface area contributed by atoms with E-state index in [0.717, 1.165) is 11.3 Å². The first-order valence-electron chi connectivity index (χ1n) is 9.01. The van der Waals surface area contributed by atoms with Gasteiger partial charge >= 0.3 is 0 Å². The maximum absolute atomic E-state index is 11.2. The second kappa shape index (κ2) is 8.34. The molecule has 0 fully saturated rings. The summed E-state index contributed by atoms with van der Waals surface area (Å²) in [5, 5.41) is 22.7. The van der Waals surface area contributed by atoms with Crippen LogP contribution in [0, 0.1) is 10.1 Å². The van der Waals surface area contributed by atoms with Crippen LogP contribution >= 0.6 is 0 Å². The summed E-state index contributed by atoms with van der Waals surface area (Å²) in [4.78, 5) is 15.1. The maximum Gasteiger partial charge on any atom is 0.283 e. The molecule has 29 heavy (non-hydrogen) atoms. The van der Waals surface area contributed by atoms with E-state index in [4.69, 9.17) is 9.37 Å². The second-order valence-corrected chi connectivity index (χ2v) is 6.20. The predicted octanol–water partition coefficient (Wildman–Crippen LogP) is 4.07. The first-order chi connectivity index (χ1) is 14.2. The molecule has 2 heterocycles. The Kier molecular flexibility index (Phi) is 5.28. The van der Waals surface area contributed by atoms with Gasteiger partial charge in [-0.2, -0.15) is 0 Å². The number of nitro benzene ring substituents is 1. The van der Waals surface area contributed by atoms with Gasteiger partial charge in [0.25, 0.3) is 11.6 Å². The number of aromatic nitrogens is 3. The van der Waals surface area contributed by atoms with Gasteiger partial charge < -0.3 is 10.1 Å². The van der Waals surface area contributed by atoms with E-state index in [1.807, 2.05) is 30.3 Å². The van der Waals surface area contributed by atoms with Crippen LogP contribution in [0.2, 0.25) is 0 Å². The monoisotopic (exact) mass is 391 g/mol. The predicted molar refractivity (Wildman–Crippen MR) is 107 cm³/mol. The molecule has 0 saturated carbocycles. The number of nitrogens with zero attached hydrogens (tertiary/aromatic N) is 4. The lowest BCUT2D eigenvalue weighted by molar-refractivity contribution is -0.383. The van der Waals surface area contributed by atoms with Crippen molar-refractivity contribution in [1.82, 2.24) is 15.3 Å². The zero-order chi connectivity index (χ0) is 20.1. The van der Waals surface area contributed by atoms with Crippen molar-refractivity contribution in [2.75, 3.05) is 18.5 Å². The van der Waals surface area contributed by atoms with Crippen molar-refractivity contribution in [3.05, 3.63) is 70.9 Å². The summed E-state index contributed by atoms with van der Waals surface area (Å²) < 4.78 is 10.5. The van der Waals surface area contributed by atoms with Crippen LogP contribution in [0.3, 0.4) is 0 Å². The number of anilines is 1. The zero-order valence-electron chi connectivity index (χ0n) is 15.3. The van der Waals surface area contributed by atoms with Gasteiger partial charge in [-0.15, -0.1) is 0 Å². The number of fused-ring (bicyclic) bond motifs is 1. The van der Waals surface area contributed by atoms with E-state index < -0.39 is 4.92 Å². The van der Waals surface area contributed by atoms with E-state index in [-0.39, 0.29) is 5.69 Å². The molecule has 0 atom stereocenters. The Balaban J connectivity index is 1.36. The van der Waals surface area contributed by atoms with Gasteiger partial charge in [0.1, 0.15) is 5.52 Å². The van der Waals surface area contributed by atoms with Crippen molar-refractivity contribution in [2.24, 2.45) is 0 Å². The normalized spacial score (nSPS) is 10.8. The minimum atomic E-state index is -0.405. The molecular formula is C20H17N5O4. The lowest BCUT2D eigenvalue weighted by Crippen LogP contribution is -2.08. The fourth-order valence-corrected chi connectivity index (χ4v) is 2.97. The summed E-state index contributed by atoms with van der Waals surface area (Å²) in [5.41, 5.74) is 2.76. The standard InChI is InChI=1S/C20H17N5O4/c26-25(27)17-10-9-16(19-15(17)8-4-11-22-19)21-12-5-13-28-20-18(23-29-24-20)14-6-2-1-3-7-14/h1-4,6-11,21H,5,12-13H2. The average Bonchev–Trinajstić information content (AvgIpc) is 3.22. The van der Waals surface area contributed by atoms with Crippen molar-refractivity contribution in [2.45, 2.75) is 6.42 Å². The molecule has 146 valence electrons. The lowest BCUT2D eigenvalue weighted by atomic mass is 10.1. The van der Waals surface area contributed by atoms with E-state index in [1.165, 1.54) is 6.07 Å². The van der Waals surface area contributed by atoms with Crippen molar-refractivity contribution >= 4 is 22.3 Å². The molecule has 9 nitrogen and oxygen atoms in total. The molecule has 4 aromatic rings. The average molecular weight is 391 g/mol. The molecule has 0 radical (unpaired) electrons. The summed E-state index contributed by atoms with van der Waals surface area (Å²) in [6.07, 6.45) is 2.29. The summed E-state index contributed by atoms with van der Waals surface area (Å²) in [6, 6.07) is 16.1. The minimum absolute atomic E-state index is 0.0361. The number of benzene rings is 2. The number of ether oxygens (including phenoxy) is 1. The van der Waals surface area contributed by atoms with Crippen molar-refractivity contribution < 1.29 is 14.3 Å². The summed E-state index contributed by atoms with van der Waals surface area (Å²) >= 11 is 0. The van der Waals surface area contributed by atoms with Crippen LogP contribution in [0.25, 0.3) is 22.2 Å². The Hall–Kier alpha value is -4.01. The van der Waals surface area contributed by atoms with Crippen molar-refractivity contribution in [3.63, 3.8) is 0 Å². The molecule has 0 aliphatic rings. The fraction of sp³-hybridized carbons (Fsp3) is 0.150. The smallest absolute Gasteiger partial charge is 0.283 e. The highest BCUT2D eigenvalue weighted by atomic mass is 16.6. The van der Waals surface area contributed by atoms with Crippen LogP contribution in [-0.2, 0) is 0 Å². The Morgan fingerprint density at radius 2 is 1.93 bits per heavy atom. The molecule has 0 spiro atoms.